The Balaban J connectivity index is 1.96. The molecule has 0 radical (unpaired) electrons. The lowest BCUT2D eigenvalue weighted by Gasteiger charge is -2.14. The first-order chi connectivity index (χ1) is 8.70. The molecule has 18 heavy (non-hydrogen) atoms. The van der Waals surface area contributed by atoms with Gasteiger partial charge in [0.2, 0.25) is 0 Å². The summed E-state index contributed by atoms with van der Waals surface area (Å²) in [6, 6.07) is 12.0. The molecule has 1 aromatic carbocycles. The molecule has 0 amide bonds. The summed E-state index contributed by atoms with van der Waals surface area (Å²) in [7, 11) is 0. The lowest BCUT2D eigenvalue weighted by molar-refractivity contribution is 0.452. The number of aryl methyl sites for hydroxylation is 1. The third kappa shape index (κ3) is 3.12. The predicted molar refractivity (Wildman–Crippen MR) is 77.1 cm³/mol. The van der Waals surface area contributed by atoms with Gasteiger partial charge in [-0.1, -0.05) is 25.1 Å². The van der Waals surface area contributed by atoms with Crippen LogP contribution in [0, 0.1) is 0 Å². The van der Waals surface area contributed by atoms with E-state index in [1.165, 1.54) is 9.75 Å². The molecule has 0 bridgehead atoms. The predicted octanol–water partition coefficient (Wildman–Crippen LogP) is 3.87. The largest absolute Gasteiger partial charge is 0.508 e. The fourth-order valence-electron chi connectivity index (χ4n) is 1.92. The maximum absolute atomic E-state index is 9.78. The summed E-state index contributed by atoms with van der Waals surface area (Å²) < 4.78 is 0. The molecule has 0 saturated heterocycles. The molecule has 0 aliphatic carbocycles. The number of phenols is 1. The lowest BCUT2D eigenvalue weighted by Crippen LogP contribution is -2.17. The van der Waals surface area contributed by atoms with Crippen molar-refractivity contribution in [3.05, 3.63) is 51.7 Å². The van der Waals surface area contributed by atoms with Gasteiger partial charge in [0.1, 0.15) is 5.75 Å². The molecule has 0 aliphatic heterocycles. The van der Waals surface area contributed by atoms with E-state index in [0.29, 0.717) is 5.75 Å². The number of hydrogen-bond donors (Lipinski definition) is 2. The normalized spacial score (nSPS) is 12.6. The maximum Gasteiger partial charge on any atom is 0.120 e. The molecule has 1 aromatic heterocycles. The Bertz CT molecular complexity index is 507. The van der Waals surface area contributed by atoms with Gasteiger partial charge >= 0.3 is 0 Å². The van der Waals surface area contributed by atoms with Crippen molar-refractivity contribution < 1.29 is 5.11 Å². The van der Waals surface area contributed by atoms with E-state index in [4.69, 9.17) is 0 Å². The second kappa shape index (κ2) is 6.03. The summed E-state index contributed by atoms with van der Waals surface area (Å²) in [6.45, 7) is 5.09. The van der Waals surface area contributed by atoms with Gasteiger partial charge < -0.3 is 10.4 Å². The Labute approximate surface area is 112 Å². The van der Waals surface area contributed by atoms with E-state index >= 15 is 0 Å². The van der Waals surface area contributed by atoms with Gasteiger partial charge in [-0.05, 0) is 31.5 Å². The van der Waals surface area contributed by atoms with Crippen LogP contribution >= 0.6 is 11.3 Å². The number of phenolic OH excluding ortho intramolecular Hbond substituents is 1. The van der Waals surface area contributed by atoms with E-state index in [0.717, 1.165) is 18.5 Å². The average molecular weight is 261 g/mol. The zero-order valence-electron chi connectivity index (χ0n) is 10.8. The van der Waals surface area contributed by atoms with Crippen molar-refractivity contribution in [2.75, 3.05) is 0 Å². The van der Waals surface area contributed by atoms with Crippen LogP contribution in [0.5, 0.6) is 5.75 Å². The highest BCUT2D eigenvalue weighted by molar-refractivity contribution is 7.11. The third-order valence-electron chi connectivity index (χ3n) is 3.05. The monoisotopic (exact) mass is 261 g/mol. The first-order valence-corrected chi connectivity index (χ1v) is 7.11. The third-order valence-corrected chi connectivity index (χ3v) is 4.28. The molecule has 0 saturated carbocycles. The van der Waals surface area contributed by atoms with Crippen LogP contribution in [0.15, 0.2) is 36.4 Å². The highest BCUT2D eigenvalue weighted by Gasteiger charge is 2.09. The second-order valence-electron chi connectivity index (χ2n) is 4.38. The molecule has 0 fully saturated rings. The molecule has 1 heterocycles. The van der Waals surface area contributed by atoms with Crippen LogP contribution in [0.4, 0.5) is 0 Å². The Morgan fingerprint density at radius 3 is 2.56 bits per heavy atom. The minimum Gasteiger partial charge on any atom is -0.508 e. The highest BCUT2D eigenvalue weighted by Crippen LogP contribution is 2.24. The van der Waals surface area contributed by atoms with Gasteiger partial charge in [0.25, 0.3) is 0 Å². The smallest absolute Gasteiger partial charge is 0.120 e. The molecule has 2 aromatic rings. The maximum atomic E-state index is 9.78. The molecular formula is C15H19NOS. The summed E-state index contributed by atoms with van der Waals surface area (Å²) in [5.41, 5.74) is 0.949. The van der Waals surface area contributed by atoms with E-state index in [1.54, 1.807) is 6.07 Å². The van der Waals surface area contributed by atoms with Crippen molar-refractivity contribution >= 4 is 11.3 Å². The quantitative estimate of drug-likeness (QED) is 0.856. The molecule has 2 nitrogen and oxygen atoms in total. The fourth-order valence-corrected chi connectivity index (χ4v) is 2.83. The molecule has 1 unspecified atom stereocenters. The van der Waals surface area contributed by atoms with Crippen LogP contribution in [0.1, 0.15) is 35.2 Å². The Hall–Kier alpha value is -1.32. The van der Waals surface area contributed by atoms with Crippen LogP contribution in [0.2, 0.25) is 0 Å². The number of thiophene rings is 1. The van der Waals surface area contributed by atoms with Crippen LogP contribution < -0.4 is 5.32 Å². The number of rotatable bonds is 5. The van der Waals surface area contributed by atoms with Crippen molar-refractivity contribution in [1.29, 1.82) is 0 Å². The van der Waals surface area contributed by atoms with Gasteiger partial charge in [-0.3, -0.25) is 0 Å². The molecular weight excluding hydrogens is 242 g/mol. The zero-order valence-corrected chi connectivity index (χ0v) is 11.6. The Morgan fingerprint density at radius 1 is 1.17 bits per heavy atom. The summed E-state index contributed by atoms with van der Waals surface area (Å²) in [4.78, 5) is 2.76. The Kier molecular flexibility index (Phi) is 4.39. The molecule has 0 aliphatic rings. The van der Waals surface area contributed by atoms with Crippen LogP contribution in [0.25, 0.3) is 0 Å². The lowest BCUT2D eigenvalue weighted by atomic mass is 10.1. The number of nitrogens with one attached hydrogen (secondary N) is 1. The zero-order chi connectivity index (χ0) is 13.0. The van der Waals surface area contributed by atoms with Crippen LogP contribution in [0.3, 0.4) is 0 Å². The fraction of sp³-hybridized carbons (Fsp3) is 0.333. The standard InChI is InChI=1S/C15H19NOS/c1-3-12-8-9-13(18-12)10-16-11(2)14-6-4-5-7-15(14)17/h4-9,11,16-17H,3,10H2,1-2H3. The van der Waals surface area contributed by atoms with Gasteiger partial charge in [-0.25, -0.2) is 0 Å². The second-order valence-corrected chi connectivity index (χ2v) is 5.64. The van der Waals surface area contributed by atoms with Crippen molar-refractivity contribution in [3.63, 3.8) is 0 Å². The first-order valence-electron chi connectivity index (χ1n) is 6.29. The summed E-state index contributed by atoms with van der Waals surface area (Å²) >= 11 is 1.85. The van der Waals surface area contributed by atoms with E-state index in [9.17, 15) is 5.11 Å². The van der Waals surface area contributed by atoms with E-state index in [1.807, 2.05) is 29.5 Å². The average Bonchev–Trinajstić information content (AvgIpc) is 2.84. The molecule has 1 atom stereocenters. The Morgan fingerprint density at radius 2 is 1.89 bits per heavy atom. The molecule has 96 valence electrons. The van der Waals surface area contributed by atoms with Crippen molar-refractivity contribution in [3.8, 4) is 5.75 Å². The van der Waals surface area contributed by atoms with Gasteiger partial charge in [-0.2, -0.15) is 0 Å². The van der Waals surface area contributed by atoms with Gasteiger partial charge in [0.15, 0.2) is 0 Å². The van der Waals surface area contributed by atoms with Gasteiger partial charge in [0, 0.05) is 27.9 Å². The number of para-hydroxylation sites is 1. The molecule has 2 N–H and O–H groups in total. The number of aromatic hydroxyl groups is 1. The topological polar surface area (TPSA) is 32.3 Å². The highest BCUT2D eigenvalue weighted by atomic mass is 32.1. The summed E-state index contributed by atoms with van der Waals surface area (Å²) in [5.74, 6) is 0.359. The summed E-state index contributed by atoms with van der Waals surface area (Å²) in [5, 5.41) is 13.2. The van der Waals surface area contributed by atoms with E-state index < -0.39 is 0 Å². The minimum absolute atomic E-state index is 0.151. The molecule has 3 heteroatoms. The first kappa shape index (κ1) is 13.1. The van der Waals surface area contributed by atoms with E-state index in [-0.39, 0.29) is 6.04 Å². The van der Waals surface area contributed by atoms with E-state index in [2.05, 4.69) is 31.3 Å². The van der Waals surface area contributed by atoms with Crippen LogP contribution in [-0.2, 0) is 13.0 Å². The number of hydrogen-bond acceptors (Lipinski definition) is 3. The molecule has 2 rings (SSSR count). The van der Waals surface area contributed by atoms with Crippen LogP contribution in [-0.4, -0.2) is 5.11 Å². The summed E-state index contributed by atoms with van der Waals surface area (Å²) in [6.07, 6.45) is 1.10. The minimum atomic E-state index is 0.151. The van der Waals surface area contributed by atoms with Crippen molar-refractivity contribution in [1.82, 2.24) is 5.32 Å². The van der Waals surface area contributed by atoms with Crippen molar-refractivity contribution in [2.24, 2.45) is 0 Å². The SMILES string of the molecule is CCc1ccc(CNC(C)c2ccccc2O)s1. The van der Waals surface area contributed by atoms with Gasteiger partial charge in [0.05, 0.1) is 0 Å². The molecule has 0 spiro atoms. The van der Waals surface area contributed by atoms with Crippen molar-refractivity contribution in [2.45, 2.75) is 32.9 Å². The number of benzene rings is 1. The van der Waals surface area contributed by atoms with Gasteiger partial charge in [-0.15, -0.1) is 11.3 Å².